The Labute approximate surface area is 262 Å². The van der Waals surface area contributed by atoms with Gasteiger partial charge in [-0.3, -0.25) is 19.2 Å². The van der Waals surface area contributed by atoms with Gasteiger partial charge in [-0.05, 0) is 67.7 Å². The number of Topliss-reactive ketones (excluding diaryl/α,β-unsaturated/α-hetero) is 1. The van der Waals surface area contributed by atoms with E-state index in [9.17, 15) is 50.6 Å². The number of fused-ring (bicyclic) bond motifs is 3. The van der Waals surface area contributed by atoms with E-state index < -0.39 is 76.2 Å². The maximum atomic E-state index is 14.0. The van der Waals surface area contributed by atoms with Crippen LogP contribution in [0.2, 0.25) is 0 Å². The maximum absolute atomic E-state index is 14.0. The summed E-state index contributed by atoms with van der Waals surface area (Å²) in [4.78, 5) is 55.0. The Hall–Kier alpha value is -4.88. The number of phenols is 1. The summed E-state index contributed by atoms with van der Waals surface area (Å²) in [5, 5.41) is 10.5. The Balaban J connectivity index is 1.50. The summed E-state index contributed by atoms with van der Waals surface area (Å²) in [6, 6.07) is 3.42. The summed E-state index contributed by atoms with van der Waals surface area (Å²) < 4.78 is 92.6. The fourth-order valence-corrected chi connectivity index (χ4v) is 7.16. The molecule has 14 heteroatoms. The first-order valence-electron chi connectivity index (χ1n) is 14.3. The van der Waals surface area contributed by atoms with Gasteiger partial charge in [-0.15, -0.1) is 0 Å². The van der Waals surface area contributed by atoms with Crippen molar-refractivity contribution in [2.45, 2.75) is 38.0 Å². The van der Waals surface area contributed by atoms with Crippen LogP contribution < -0.4 is 14.4 Å². The van der Waals surface area contributed by atoms with Crippen LogP contribution in [0.3, 0.4) is 0 Å². The number of hydrogen-bond acceptors (Lipinski definition) is 7. The number of allylic oxidation sites excluding steroid dienone is 6. The number of ketones is 2. The van der Waals surface area contributed by atoms with Crippen LogP contribution in [0.25, 0.3) is 0 Å². The number of alkyl halides is 6. The van der Waals surface area contributed by atoms with Gasteiger partial charge in [0.15, 0.2) is 23.1 Å². The minimum atomic E-state index is -5.21. The van der Waals surface area contributed by atoms with E-state index in [0.29, 0.717) is 28.2 Å². The monoisotopic (exact) mass is 661 g/mol. The molecule has 1 fully saturated rings. The van der Waals surface area contributed by atoms with Crippen LogP contribution >= 0.6 is 0 Å². The van der Waals surface area contributed by atoms with E-state index in [2.05, 4.69) is 0 Å². The highest BCUT2D eigenvalue weighted by Gasteiger charge is 2.57. The molecule has 0 bridgehead atoms. The molecule has 1 N–H and O–H groups in total. The first-order chi connectivity index (χ1) is 22.0. The summed E-state index contributed by atoms with van der Waals surface area (Å²) in [5.41, 5.74) is -3.14. The molecule has 0 spiro atoms. The van der Waals surface area contributed by atoms with Crippen molar-refractivity contribution in [3.8, 4) is 17.2 Å². The topological polar surface area (TPSA) is 110 Å². The maximum Gasteiger partial charge on any atom is 0.416 e. The van der Waals surface area contributed by atoms with E-state index in [4.69, 9.17) is 9.47 Å². The molecule has 0 saturated carbocycles. The average molecular weight is 662 g/mol. The second kappa shape index (κ2) is 10.8. The highest BCUT2D eigenvalue weighted by atomic mass is 19.4. The minimum Gasteiger partial charge on any atom is -0.502 e. The van der Waals surface area contributed by atoms with E-state index in [1.54, 1.807) is 6.08 Å². The second-order valence-corrected chi connectivity index (χ2v) is 11.8. The number of aromatic hydroxyl groups is 1. The van der Waals surface area contributed by atoms with E-state index >= 15 is 0 Å². The van der Waals surface area contributed by atoms with Crippen molar-refractivity contribution in [2.24, 2.45) is 17.8 Å². The number of nitrogens with zero attached hydrogens (tertiary/aromatic N) is 1. The lowest BCUT2D eigenvalue weighted by molar-refractivity contribution is -0.143. The van der Waals surface area contributed by atoms with Crippen LogP contribution in [0, 0.1) is 17.8 Å². The third-order valence-electron chi connectivity index (χ3n) is 9.23. The number of benzene rings is 2. The number of anilines is 1. The van der Waals surface area contributed by atoms with Crippen LogP contribution in [0.4, 0.5) is 32.0 Å². The summed E-state index contributed by atoms with van der Waals surface area (Å²) in [5.74, 6) is -7.69. The van der Waals surface area contributed by atoms with E-state index in [0.717, 1.165) is 0 Å². The lowest BCUT2D eigenvalue weighted by Crippen LogP contribution is -2.39. The fraction of sp³-hybridized carbons (Fsp3) is 0.333. The van der Waals surface area contributed by atoms with Gasteiger partial charge in [-0.1, -0.05) is 11.6 Å². The number of amides is 2. The zero-order chi connectivity index (χ0) is 34.3. The Morgan fingerprint density at radius 2 is 1.40 bits per heavy atom. The second-order valence-electron chi connectivity index (χ2n) is 11.8. The molecular formula is C33H25F6NO7. The Morgan fingerprint density at radius 3 is 1.94 bits per heavy atom. The molecule has 6 rings (SSSR count). The number of rotatable bonds is 4. The number of phenolic OH excluding ortho intramolecular Hbond substituents is 1. The molecule has 47 heavy (non-hydrogen) atoms. The predicted molar refractivity (Wildman–Crippen MR) is 151 cm³/mol. The molecular weight excluding hydrogens is 636 g/mol. The summed E-state index contributed by atoms with van der Waals surface area (Å²) >= 11 is 0. The van der Waals surface area contributed by atoms with Crippen LogP contribution in [-0.4, -0.2) is 42.7 Å². The Bertz CT molecular complexity index is 1810. The molecule has 0 radical (unpaired) electrons. The number of methoxy groups -OCH3 is 2. The van der Waals surface area contributed by atoms with Crippen molar-refractivity contribution < 1.29 is 60.1 Å². The van der Waals surface area contributed by atoms with Gasteiger partial charge in [0.25, 0.3) is 0 Å². The SMILES string of the molecule is COc1cc([C@H]2C3=CC[C@@H]4C(=O)N(c5cc(C(F)(F)F)cc(C(F)(F)F)c5)C(=O)[C@@H]4[C@@H]3CC3=C2C(=O)C=C(C)C3=O)cc(OC)c1O. The molecule has 8 nitrogen and oxygen atoms in total. The highest BCUT2D eigenvalue weighted by Crippen LogP contribution is 2.57. The van der Waals surface area contributed by atoms with Crippen molar-refractivity contribution in [1.82, 2.24) is 0 Å². The smallest absolute Gasteiger partial charge is 0.416 e. The Kier molecular flexibility index (Phi) is 7.40. The molecule has 1 heterocycles. The van der Waals surface area contributed by atoms with Gasteiger partial charge < -0.3 is 14.6 Å². The van der Waals surface area contributed by atoms with Gasteiger partial charge in [0.05, 0.1) is 42.9 Å². The quantitative estimate of drug-likeness (QED) is 0.183. The third kappa shape index (κ3) is 5.01. The molecule has 2 amide bonds. The van der Waals surface area contributed by atoms with E-state index in [1.807, 2.05) is 0 Å². The van der Waals surface area contributed by atoms with Gasteiger partial charge >= 0.3 is 12.4 Å². The van der Waals surface area contributed by atoms with Gasteiger partial charge in [0.2, 0.25) is 17.6 Å². The first-order valence-corrected chi connectivity index (χ1v) is 14.3. The number of ether oxygens (including phenoxy) is 2. The van der Waals surface area contributed by atoms with Gasteiger partial charge in [0, 0.05) is 22.6 Å². The number of halogens is 6. The molecule has 0 aromatic heterocycles. The molecule has 3 aliphatic carbocycles. The summed E-state index contributed by atoms with van der Waals surface area (Å²) in [7, 11) is 2.57. The third-order valence-corrected chi connectivity index (χ3v) is 9.23. The lowest BCUT2D eigenvalue weighted by atomic mass is 9.59. The van der Waals surface area contributed by atoms with Crippen LogP contribution in [0.1, 0.15) is 42.4 Å². The molecule has 2 aromatic carbocycles. The molecule has 1 aliphatic heterocycles. The first kappa shape index (κ1) is 32.1. The normalized spacial score (nSPS) is 24.5. The van der Waals surface area contributed by atoms with E-state index in [1.165, 1.54) is 39.4 Å². The number of carbonyl (C=O) groups excluding carboxylic acids is 4. The standard InChI is InChI=1S/C33H25F6NO7/c1-13-6-22(41)27-21(28(13)42)12-20-18(25(27)14-7-23(46-2)29(43)24(8-14)47-3)4-5-19-26(20)31(45)40(30(19)44)17-10-15(32(34,35)36)9-16(11-17)33(37,38)39/h4,6-11,19-20,25-26,43H,5,12H2,1-3H3/t19-,20+,25-,26-/m0/s1. The average Bonchev–Trinajstić information content (AvgIpc) is 3.27. The van der Waals surface area contributed by atoms with Gasteiger partial charge in [0.1, 0.15) is 0 Å². The number of hydrogen-bond donors (Lipinski definition) is 1. The van der Waals surface area contributed by atoms with E-state index in [-0.39, 0.29) is 52.9 Å². The molecule has 1 saturated heterocycles. The number of carbonyl (C=O) groups is 4. The van der Waals surface area contributed by atoms with Crippen molar-refractivity contribution >= 4 is 29.1 Å². The largest absolute Gasteiger partial charge is 0.502 e. The molecule has 4 aliphatic rings. The minimum absolute atomic E-state index is 0.0254. The Morgan fingerprint density at radius 1 is 0.830 bits per heavy atom. The lowest BCUT2D eigenvalue weighted by Gasteiger charge is -2.42. The predicted octanol–water partition coefficient (Wildman–Crippen LogP) is 6.08. The summed E-state index contributed by atoms with van der Waals surface area (Å²) in [6.45, 7) is 1.44. The van der Waals surface area contributed by atoms with Crippen molar-refractivity contribution in [2.75, 3.05) is 19.1 Å². The van der Waals surface area contributed by atoms with Crippen molar-refractivity contribution in [1.29, 1.82) is 0 Å². The molecule has 246 valence electrons. The molecule has 4 atom stereocenters. The molecule has 0 unspecified atom stereocenters. The number of imide groups is 1. The van der Waals surface area contributed by atoms with Gasteiger partial charge in [-0.2, -0.15) is 26.3 Å². The highest BCUT2D eigenvalue weighted by molar-refractivity contribution is 6.25. The van der Waals surface area contributed by atoms with Crippen molar-refractivity contribution in [3.63, 3.8) is 0 Å². The van der Waals surface area contributed by atoms with Crippen LogP contribution in [0.5, 0.6) is 17.2 Å². The van der Waals surface area contributed by atoms with Gasteiger partial charge in [-0.25, -0.2) is 4.90 Å². The zero-order valence-electron chi connectivity index (χ0n) is 24.9. The molecule has 2 aromatic rings. The fourth-order valence-electron chi connectivity index (χ4n) is 7.16. The van der Waals surface area contributed by atoms with Crippen LogP contribution in [0.15, 0.2) is 64.8 Å². The van der Waals surface area contributed by atoms with Crippen molar-refractivity contribution in [3.05, 3.63) is 81.5 Å². The zero-order valence-corrected chi connectivity index (χ0v) is 24.9. The van der Waals surface area contributed by atoms with Crippen LogP contribution in [-0.2, 0) is 31.5 Å². The summed E-state index contributed by atoms with van der Waals surface area (Å²) in [6.07, 6.45) is -7.91.